The number of amides is 2. The van der Waals surface area contributed by atoms with Gasteiger partial charge in [0.15, 0.2) is 5.54 Å². The zero-order valence-electron chi connectivity index (χ0n) is 24.1. The third-order valence-corrected chi connectivity index (χ3v) is 10.3. The second kappa shape index (κ2) is 11.1. The van der Waals surface area contributed by atoms with Crippen molar-refractivity contribution in [3.63, 3.8) is 0 Å². The van der Waals surface area contributed by atoms with Gasteiger partial charge in [-0.1, -0.05) is 50.3 Å². The van der Waals surface area contributed by atoms with Crippen LogP contribution in [0.4, 0.5) is 5.82 Å². The molecule has 0 spiro atoms. The number of primary amides is 1. The van der Waals surface area contributed by atoms with Crippen molar-refractivity contribution >= 4 is 28.5 Å². The summed E-state index contributed by atoms with van der Waals surface area (Å²) in [6.45, 7) is 3.52. The van der Waals surface area contributed by atoms with Gasteiger partial charge in [-0.25, -0.2) is 14.3 Å². The molecule has 41 heavy (non-hydrogen) atoms. The molecule has 2 amide bonds. The fraction of sp³-hybridized carbons (Fsp3) is 0.515. The third-order valence-electron chi connectivity index (χ3n) is 10.3. The van der Waals surface area contributed by atoms with Gasteiger partial charge in [-0.2, -0.15) is 0 Å². The van der Waals surface area contributed by atoms with Gasteiger partial charge in [-0.05, 0) is 61.9 Å². The summed E-state index contributed by atoms with van der Waals surface area (Å²) < 4.78 is 0.0842. The molecular formula is C33H43N6O2+. The van der Waals surface area contributed by atoms with Gasteiger partial charge in [0.2, 0.25) is 0 Å². The molecule has 3 heterocycles. The number of likely N-dealkylation sites (tertiary alicyclic amines) is 1. The van der Waals surface area contributed by atoms with Crippen molar-refractivity contribution in [1.29, 1.82) is 0 Å². The number of para-hydroxylation sites is 1. The molecule has 5 N–H and O–H groups in total. The lowest BCUT2D eigenvalue weighted by atomic mass is 9.83. The molecule has 1 unspecified atom stereocenters. The average molecular weight is 556 g/mol. The number of carbonyl (C=O) groups is 2. The van der Waals surface area contributed by atoms with Gasteiger partial charge in [0.05, 0.1) is 12.1 Å². The highest BCUT2D eigenvalue weighted by molar-refractivity contribution is 5.91. The first-order valence-electron chi connectivity index (χ1n) is 15.3. The molecule has 4 atom stereocenters. The Balaban J connectivity index is 1.38. The first kappa shape index (κ1) is 27.8. The first-order chi connectivity index (χ1) is 19.8. The maximum absolute atomic E-state index is 15.2. The molecule has 216 valence electrons. The molecule has 3 fully saturated rings. The van der Waals surface area contributed by atoms with Gasteiger partial charge in [0, 0.05) is 41.7 Å². The number of quaternary nitrogens is 1. The van der Waals surface area contributed by atoms with E-state index in [9.17, 15) is 4.79 Å². The Hall–Kier alpha value is -3.36. The van der Waals surface area contributed by atoms with Crippen molar-refractivity contribution in [3.05, 3.63) is 65.5 Å². The summed E-state index contributed by atoms with van der Waals surface area (Å²) in [7, 11) is 0. The number of aryl methyl sites for hydroxylation is 1. The fourth-order valence-electron chi connectivity index (χ4n) is 8.04. The number of anilines is 1. The van der Waals surface area contributed by atoms with Crippen LogP contribution in [0.2, 0.25) is 0 Å². The summed E-state index contributed by atoms with van der Waals surface area (Å²) in [5, 5.41) is 4.81. The number of fused-ring (bicyclic) bond motifs is 2. The lowest BCUT2D eigenvalue weighted by Gasteiger charge is -2.47. The quantitative estimate of drug-likeness (QED) is 0.333. The minimum atomic E-state index is -0.848. The molecule has 8 nitrogen and oxygen atoms in total. The Bertz CT molecular complexity index is 1450. The number of hydrogen-bond donors (Lipinski definition) is 3. The van der Waals surface area contributed by atoms with Crippen LogP contribution in [0.5, 0.6) is 0 Å². The molecule has 6 rings (SSSR count). The largest absolute Gasteiger partial charge is 0.384 e. The van der Waals surface area contributed by atoms with E-state index in [4.69, 9.17) is 11.5 Å². The molecule has 3 aromatic rings. The summed E-state index contributed by atoms with van der Waals surface area (Å²) in [5.74, 6) is 0.861. The number of nitrogen functional groups attached to an aromatic ring is 1. The zero-order chi connectivity index (χ0) is 28.6. The van der Waals surface area contributed by atoms with Crippen LogP contribution in [-0.2, 0) is 22.7 Å². The number of nitrogens with one attached hydrogen (secondary N) is 1. The molecule has 0 radical (unpaired) electrons. The van der Waals surface area contributed by atoms with E-state index in [-0.39, 0.29) is 28.3 Å². The highest BCUT2D eigenvalue weighted by Crippen LogP contribution is 2.59. The standard InChI is InChI=1S/C33H42N6O2/c1-22-25(13-14-30(34)38-22)21-39(17-7-10-26-19-33(26,39)32(35)41)31(40)29(18-23-8-3-2-4-9-23)37-20-24-15-16-36-28-12-6-5-11-27(24)28/h5-6,11-16,23,26,29,37H,2-4,7-10,17-21H2,1H3,(H3-,34,35,38,41)/p+1/t26-,29-,33+,39?/m1/s1. The number of hydrogen-bond acceptors (Lipinski definition) is 6. The summed E-state index contributed by atoms with van der Waals surface area (Å²) in [6.07, 6.45) is 11.1. The van der Waals surface area contributed by atoms with E-state index in [2.05, 4.69) is 21.4 Å². The zero-order valence-corrected chi connectivity index (χ0v) is 24.1. The second-order valence-electron chi connectivity index (χ2n) is 12.7. The molecule has 2 aromatic heterocycles. The molecule has 1 aromatic carbocycles. The maximum atomic E-state index is 15.2. The van der Waals surface area contributed by atoms with Crippen LogP contribution in [0, 0.1) is 18.8 Å². The van der Waals surface area contributed by atoms with E-state index in [0.29, 0.717) is 37.8 Å². The Morgan fingerprint density at radius 2 is 1.85 bits per heavy atom. The molecule has 1 saturated heterocycles. The van der Waals surface area contributed by atoms with Crippen LogP contribution >= 0.6 is 0 Å². The molecule has 2 saturated carbocycles. The van der Waals surface area contributed by atoms with Crippen LogP contribution in [0.25, 0.3) is 10.9 Å². The van der Waals surface area contributed by atoms with Crippen molar-refractivity contribution in [1.82, 2.24) is 15.3 Å². The van der Waals surface area contributed by atoms with Gasteiger partial charge in [-0.15, -0.1) is 0 Å². The SMILES string of the molecule is Cc1nc(N)ccc1C[N+]1(C(=O)[C@@H](CC2CCCCC2)NCc2ccnc3ccccc23)CCC[C@@H]2C[C@@]21C(N)=O. The van der Waals surface area contributed by atoms with Gasteiger partial charge in [0.1, 0.15) is 18.4 Å². The number of pyridine rings is 2. The topological polar surface area (TPSA) is 124 Å². The van der Waals surface area contributed by atoms with Crippen LogP contribution < -0.4 is 16.8 Å². The van der Waals surface area contributed by atoms with Crippen LogP contribution in [0.15, 0.2) is 48.7 Å². The second-order valence-corrected chi connectivity index (χ2v) is 12.7. The van der Waals surface area contributed by atoms with E-state index in [0.717, 1.165) is 59.8 Å². The Kier molecular flexibility index (Phi) is 7.55. The van der Waals surface area contributed by atoms with E-state index in [1.165, 1.54) is 19.3 Å². The maximum Gasteiger partial charge on any atom is 0.331 e. The number of piperidine rings is 1. The first-order valence-corrected chi connectivity index (χ1v) is 15.3. The number of carbonyl (C=O) groups excluding carboxylic acids is 2. The van der Waals surface area contributed by atoms with Gasteiger partial charge in [-0.3, -0.25) is 15.1 Å². The molecule has 8 heteroatoms. The summed E-state index contributed by atoms with van der Waals surface area (Å²) in [6, 6.07) is 13.5. The summed E-state index contributed by atoms with van der Waals surface area (Å²) in [4.78, 5) is 37.5. The average Bonchev–Trinajstić information content (AvgIpc) is 3.74. The van der Waals surface area contributed by atoms with Crippen molar-refractivity contribution in [2.75, 3.05) is 12.3 Å². The highest BCUT2D eigenvalue weighted by Gasteiger charge is 2.76. The molecule has 1 aliphatic heterocycles. The van der Waals surface area contributed by atoms with Crippen molar-refractivity contribution in [2.24, 2.45) is 17.6 Å². The number of rotatable bonds is 9. The van der Waals surface area contributed by atoms with E-state index in [1.54, 1.807) is 6.07 Å². The van der Waals surface area contributed by atoms with Crippen molar-refractivity contribution < 1.29 is 14.1 Å². The molecule has 0 bridgehead atoms. The Labute approximate surface area is 242 Å². The van der Waals surface area contributed by atoms with Gasteiger partial charge >= 0.3 is 5.91 Å². The summed E-state index contributed by atoms with van der Waals surface area (Å²) in [5.41, 5.74) is 15.2. The monoisotopic (exact) mass is 555 g/mol. The molecular weight excluding hydrogens is 512 g/mol. The minimum Gasteiger partial charge on any atom is -0.384 e. The fourth-order valence-corrected chi connectivity index (χ4v) is 8.04. The predicted molar refractivity (Wildman–Crippen MR) is 160 cm³/mol. The minimum absolute atomic E-state index is 0.0842. The lowest BCUT2D eigenvalue weighted by molar-refractivity contribution is -0.900. The van der Waals surface area contributed by atoms with E-state index < -0.39 is 5.54 Å². The Morgan fingerprint density at radius 3 is 2.63 bits per heavy atom. The van der Waals surface area contributed by atoms with Crippen LogP contribution in [-0.4, -0.2) is 44.4 Å². The van der Waals surface area contributed by atoms with Gasteiger partial charge < -0.3 is 11.5 Å². The smallest absolute Gasteiger partial charge is 0.331 e. The highest BCUT2D eigenvalue weighted by atomic mass is 16.2. The van der Waals surface area contributed by atoms with Crippen LogP contribution in [0.1, 0.15) is 74.6 Å². The molecule has 2 aliphatic carbocycles. The normalized spacial score (nSPS) is 26.8. The number of nitrogens with two attached hydrogens (primary N) is 2. The summed E-state index contributed by atoms with van der Waals surface area (Å²) >= 11 is 0. The number of benzene rings is 1. The van der Waals surface area contributed by atoms with E-state index in [1.807, 2.05) is 43.5 Å². The van der Waals surface area contributed by atoms with Crippen molar-refractivity contribution in [3.8, 4) is 0 Å². The van der Waals surface area contributed by atoms with E-state index >= 15 is 4.79 Å². The third kappa shape index (κ3) is 5.01. The molecule has 3 aliphatic rings. The van der Waals surface area contributed by atoms with Crippen molar-refractivity contribution in [2.45, 2.75) is 89.4 Å². The Morgan fingerprint density at radius 1 is 1.05 bits per heavy atom. The lowest BCUT2D eigenvalue weighted by Crippen LogP contribution is -2.71. The predicted octanol–water partition coefficient (Wildman–Crippen LogP) is 4.53. The van der Waals surface area contributed by atoms with Gasteiger partial charge in [0.25, 0.3) is 5.91 Å². The number of nitrogens with zero attached hydrogens (tertiary/aromatic N) is 3. The van der Waals surface area contributed by atoms with Crippen LogP contribution in [0.3, 0.4) is 0 Å². The number of aromatic nitrogens is 2.